The molecule has 2 heteroatoms. The van der Waals surface area contributed by atoms with Crippen LogP contribution in [0.5, 0.6) is 0 Å². The number of hydrogen-bond donors (Lipinski definition) is 1. The summed E-state index contributed by atoms with van der Waals surface area (Å²) >= 11 is 0. The van der Waals surface area contributed by atoms with E-state index in [0.717, 1.165) is 17.9 Å². The molecule has 2 N–H and O–H groups in total. The Morgan fingerprint density at radius 1 is 0.905 bits per heavy atom. The van der Waals surface area contributed by atoms with Crippen molar-refractivity contribution >= 4 is 0 Å². The van der Waals surface area contributed by atoms with Crippen LogP contribution in [0.25, 0.3) is 0 Å². The molecule has 1 heterocycles. The van der Waals surface area contributed by atoms with Gasteiger partial charge in [0.15, 0.2) is 0 Å². The third-order valence-electron chi connectivity index (χ3n) is 7.40. The first-order valence-electron chi connectivity index (χ1n) is 9.67. The first-order valence-corrected chi connectivity index (χ1v) is 9.67. The van der Waals surface area contributed by atoms with Crippen LogP contribution in [0.15, 0.2) is 0 Å². The molecule has 3 fully saturated rings. The molecule has 0 aromatic rings. The molecular weight excluding hydrogens is 256 g/mol. The number of nitrogens with zero attached hydrogens (tertiary/aromatic N) is 1. The van der Waals surface area contributed by atoms with Gasteiger partial charge in [-0.1, -0.05) is 32.6 Å². The Morgan fingerprint density at radius 3 is 2.05 bits per heavy atom. The molecular formula is C19H36N2. The second-order valence-corrected chi connectivity index (χ2v) is 8.33. The van der Waals surface area contributed by atoms with Crippen molar-refractivity contribution in [2.75, 3.05) is 19.6 Å². The topological polar surface area (TPSA) is 29.3 Å². The zero-order valence-corrected chi connectivity index (χ0v) is 14.2. The van der Waals surface area contributed by atoms with Crippen LogP contribution in [0.2, 0.25) is 0 Å². The lowest BCUT2D eigenvalue weighted by Crippen LogP contribution is -2.59. The molecule has 0 atom stereocenters. The van der Waals surface area contributed by atoms with E-state index in [1.807, 2.05) is 0 Å². The lowest BCUT2D eigenvalue weighted by Gasteiger charge is -2.53. The van der Waals surface area contributed by atoms with Crippen LogP contribution in [-0.2, 0) is 0 Å². The maximum Gasteiger partial charge on any atom is 0.0331 e. The van der Waals surface area contributed by atoms with E-state index in [4.69, 9.17) is 5.73 Å². The van der Waals surface area contributed by atoms with Crippen LogP contribution in [0, 0.1) is 11.3 Å². The first kappa shape index (κ1) is 15.8. The van der Waals surface area contributed by atoms with Gasteiger partial charge in [0.05, 0.1) is 0 Å². The molecule has 2 saturated carbocycles. The fourth-order valence-corrected chi connectivity index (χ4v) is 5.53. The van der Waals surface area contributed by atoms with Gasteiger partial charge < -0.3 is 5.73 Å². The van der Waals surface area contributed by atoms with Gasteiger partial charge in [0.1, 0.15) is 0 Å². The lowest BCUT2D eigenvalue weighted by atomic mass is 9.66. The van der Waals surface area contributed by atoms with Crippen LogP contribution in [0.4, 0.5) is 0 Å². The van der Waals surface area contributed by atoms with Gasteiger partial charge in [0.25, 0.3) is 0 Å². The fraction of sp³-hybridized carbons (Fsp3) is 1.00. The number of rotatable bonds is 3. The van der Waals surface area contributed by atoms with Crippen molar-refractivity contribution in [1.82, 2.24) is 4.90 Å². The maximum absolute atomic E-state index is 6.28. The highest BCUT2D eigenvalue weighted by atomic mass is 15.2. The third kappa shape index (κ3) is 3.17. The highest BCUT2D eigenvalue weighted by molar-refractivity contribution is 4.99. The summed E-state index contributed by atoms with van der Waals surface area (Å²) in [5.41, 5.74) is 7.37. The molecule has 1 saturated heterocycles. The van der Waals surface area contributed by atoms with Gasteiger partial charge in [-0.3, -0.25) is 4.90 Å². The van der Waals surface area contributed by atoms with Crippen molar-refractivity contribution in [2.45, 2.75) is 89.5 Å². The summed E-state index contributed by atoms with van der Waals surface area (Å²) < 4.78 is 0. The van der Waals surface area contributed by atoms with Crippen LogP contribution in [0.3, 0.4) is 0 Å². The van der Waals surface area contributed by atoms with Crippen molar-refractivity contribution in [3.05, 3.63) is 0 Å². The molecule has 0 unspecified atom stereocenters. The number of piperidine rings is 1. The predicted molar refractivity (Wildman–Crippen MR) is 90.4 cm³/mol. The van der Waals surface area contributed by atoms with Gasteiger partial charge in [-0.2, -0.15) is 0 Å². The summed E-state index contributed by atoms with van der Waals surface area (Å²) in [7, 11) is 0. The standard InChI is InChI=1S/C19H36N2/c1-2-17-6-10-19(16-20,11-7-17)21-14-12-18(13-15-21)8-4-3-5-9-18/h17H,2-16,20H2,1H3. The van der Waals surface area contributed by atoms with Gasteiger partial charge in [-0.05, 0) is 75.8 Å². The fourth-order valence-electron chi connectivity index (χ4n) is 5.53. The highest BCUT2D eigenvalue weighted by Crippen LogP contribution is 2.47. The zero-order chi connectivity index (χ0) is 14.8. The number of likely N-dealkylation sites (tertiary alicyclic amines) is 1. The summed E-state index contributed by atoms with van der Waals surface area (Å²) in [6.45, 7) is 5.90. The van der Waals surface area contributed by atoms with E-state index in [0.29, 0.717) is 5.54 Å². The minimum atomic E-state index is 0.363. The van der Waals surface area contributed by atoms with Crippen LogP contribution in [0.1, 0.15) is 84.0 Å². The van der Waals surface area contributed by atoms with Gasteiger partial charge in [-0.15, -0.1) is 0 Å². The minimum Gasteiger partial charge on any atom is -0.329 e. The van der Waals surface area contributed by atoms with E-state index in [9.17, 15) is 0 Å². The minimum absolute atomic E-state index is 0.363. The van der Waals surface area contributed by atoms with Crippen molar-refractivity contribution < 1.29 is 0 Å². The molecule has 1 aliphatic heterocycles. The Hall–Kier alpha value is -0.0800. The van der Waals surface area contributed by atoms with Crippen molar-refractivity contribution in [1.29, 1.82) is 0 Å². The van der Waals surface area contributed by atoms with Gasteiger partial charge in [-0.25, -0.2) is 0 Å². The average Bonchev–Trinajstić information content (AvgIpc) is 2.56. The van der Waals surface area contributed by atoms with Gasteiger partial charge in [0, 0.05) is 12.1 Å². The molecule has 122 valence electrons. The van der Waals surface area contributed by atoms with Crippen LogP contribution in [-0.4, -0.2) is 30.1 Å². The molecule has 0 amide bonds. The van der Waals surface area contributed by atoms with E-state index in [1.54, 1.807) is 0 Å². The van der Waals surface area contributed by atoms with Crippen molar-refractivity contribution in [3.63, 3.8) is 0 Å². The normalized spacial score (nSPS) is 37.7. The van der Waals surface area contributed by atoms with Gasteiger partial charge >= 0.3 is 0 Å². The molecule has 21 heavy (non-hydrogen) atoms. The monoisotopic (exact) mass is 292 g/mol. The summed E-state index contributed by atoms with van der Waals surface area (Å²) in [5.74, 6) is 0.971. The van der Waals surface area contributed by atoms with E-state index in [1.165, 1.54) is 90.1 Å². The predicted octanol–water partition coefficient (Wildman–Crippen LogP) is 4.33. The lowest BCUT2D eigenvalue weighted by molar-refractivity contribution is -0.0199. The highest BCUT2D eigenvalue weighted by Gasteiger charge is 2.43. The molecule has 3 aliphatic rings. The molecule has 0 aromatic carbocycles. The molecule has 2 nitrogen and oxygen atoms in total. The Balaban J connectivity index is 1.59. The first-order chi connectivity index (χ1) is 10.2. The quantitative estimate of drug-likeness (QED) is 0.839. The van der Waals surface area contributed by atoms with Gasteiger partial charge in [0.2, 0.25) is 0 Å². The summed E-state index contributed by atoms with van der Waals surface area (Å²) in [6, 6.07) is 0. The molecule has 2 aliphatic carbocycles. The van der Waals surface area contributed by atoms with E-state index < -0.39 is 0 Å². The summed E-state index contributed by atoms with van der Waals surface area (Å²) in [4.78, 5) is 2.82. The summed E-state index contributed by atoms with van der Waals surface area (Å²) in [6.07, 6.45) is 17.3. The van der Waals surface area contributed by atoms with E-state index in [-0.39, 0.29) is 0 Å². The average molecular weight is 293 g/mol. The van der Waals surface area contributed by atoms with E-state index >= 15 is 0 Å². The Kier molecular flexibility index (Phi) is 4.95. The number of nitrogens with two attached hydrogens (primary N) is 1. The Morgan fingerprint density at radius 2 is 1.52 bits per heavy atom. The second-order valence-electron chi connectivity index (χ2n) is 8.33. The molecule has 3 rings (SSSR count). The zero-order valence-electron chi connectivity index (χ0n) is 14.2. The van der Waals surface area contributed by atoms with E-state index in [2.05, 4.69) is 11.8 Å². The third-order valence-corrected chi connectivity index (χ3v) is 7.40. The smallest absolute Gasteiger partial charge is 0.0331 e. The SMILES string of the molecule is CCC1CCC(CN)(N2CCC3(CCCCC3)CC2)CC1. The second kappa shape index (κ2) is 6.58. The van der Waals surface area contributed by atoms with Crippen LogP contribution < -0.4 is 5.73 Å². The van der Waals surface area contributed by atoms with Crippen LogP contribution >= 0.6 is 0 Å². The number of hydrogen-bond acceptors (Lipinski definition) is 2. The molecule has 0 aromatic heterocycles. The molecule has 1 spiro atoms. The molecule has 0 bridgehead atoms. The Labute approximate surface area is 131 Å². The maximum atomic E-state index is 6.28. The molecule has 0 radical (unpaired) electrons. The summed E-state index contributed by atoms with van der Waals surface area (Å²) in [5, 5.41) is 0. The van der Waals surface area contributed by atoms with Crippen molar-refractivity contribution in [2.24, 2.45) is 17.1 Å². The Bertz CT molecular complexity index is 314. The van der Waals surface area contributed by atoms with Crippen molar-refractivity contribution in [3.8, 4) is 0 Å². The largest absolute Gasteiger partial charge is 0.329 e.